The van der Waals surface area contributed by atoms with Crippen molar-refractivity contribution in [2.45, 2.75) is 25.7 Å². The molecule has 18 heavy (non-hydrogen) atoms. The Morgan fingerprint density at radius 1 is 1.06 bits per heavy atom. The molecule has 0 aromatic rings. The van der Waals surface area contributed by atoms with E-state index in [1.807, 2.05) is 0 Å². The van der Waals surface area contributed by atoms with Crippen molar-refractivity contribution in [1.82, 2.24) is 9.80 Å². The largest absolute Gasteiger partial charge is 0.379 e. The summed E-state index contributed by atoms with van der Waals surface area (Å²) in [5.74, 6) is 3.68. The van der Waals surface area contributed by atoms with Crippen molar-refractivity contribution >= 4 is 0 Å². The Morgan fingerprint density at radius 3 is 2.44 bits per heavy atom. The molecule has 2 rings (SSSR count). The minimum Gasteiger partial charge on any atom is -0.379 e. The van der Waals surface area contributed by atoms with Crippen LogP contribution in [0.3, 0.4) is 0 Å². The lowest BCUT2D eigenvalue weighted by Gasteiger charge is -2.31. The fourth-order valence-corrected chi connectivity index (χ4v) is 2.99. The Hall–Kier alpha value is -0.560. The van der Waals surface area contributed by atoms with Crippen molar-refractivity contribution in [3.63, 3.8) is 0 Å². The van der Waals surface area contributed by atoms with Crippen molar-refractivity contribution in [3.8, 4) is 12.3 Å². The van der Waals surface area contributed by atoms with E-state index in [9.17, 15) is 0 Å². The third kappa shape index (κ3) is 4.61. The summed E-state index contributed by atoms with van der Waals surface area (Å²) in [4.78, 5) is 4.94. The summed E-state index contributed by atoms with van der Waals surface area (Å²) < 4.78 is 5.37. The molecular formula is C15H26N2O. The molecule has 2 aliphatic rings. The van der Waals surface area contributed by atoms with Crippen LogP contribution in [-0.4, -0.2) is 62.3 Å². The summed E-state index contributed by atoms with van der Waals surface area (Å²) in [5, 5.41) is 0. The summed E-state index contributed by atoms with van der Waals surface area (Å²) in [6.07, 6.45) is 10.8. The first-order valence-corrected chi connectivity index (χ1v) is 7.34. The standard InChI is InChI=1S/C15H26N2O/c1-2-7-16-9-5-15(6-10-16)4-3-8-17-11-13-18-14-12-17/h1,15H,3-14H2. The SMILES string of the molecule is C#CCN1CCC(CCCN2CCOCC2)CC1. The van der Waals surface area contributed by atoms with Crippen LogP contribution in [0.2, 0.25) is 0 Å². The van der Waals surface area contributed by atoms with E-state index < -0.39 is 0 Å². The molecule has 2 saturated heterocycles. The monoisotopic (exact) mass is 250 g/mol. The number of piperidine rings is 1. The lowest BCUT2D eigenvalue weighted by Crippen LogP contribution is -2.37. The molecule has 0 amide bonds. The van der Waals surface area contributed by atoms with Crippen LogP contribution >= 0.6 is 0 Å². The Bertz CT molecular complexity index is 260. The highest BCUT2D eigenvalue weighted by Crippen LogP contribution is 2.21. The van der Waals surface area contributed by atoms with Crippen molar-refractivity contribution in [1.29, 1.82) is 0 Å². The number of nitrogens with zero attached hydrogens (tertiary/aromatic N) is 2. The molecule has 0 bridgehead atoms. The molecule has 2 heterocycles. The average molecular weight is 250 g/mol. The average Bonchev–Trinajstić information content (AvgIpc) is 2.42. The van der Waals surface area contributed by atoms with Crippen molar-refractivity contribution in [2.75, 3.05) is 52.5 Å². The first kappa shape index (κ1) is 13.9. The van der Waals surface area contributed by atoms with E-state index in [1.165, 1.54) is 45.3 Å². The predicted molar refractivity (Wildman–Crippen MR) is 74.5 cm³/mol. The molecule has 0 unspecified atom stereocenters. The van der Waals surface area contributed by atoms with Crippen LogP contribution in [0.5, 0.6) is 0 Å². The van der Waals surface area contributed by atoms with E-state index in [4.69, 9.17) is 11.2 Å². The van der Waals surface area contributed by atoms with Crippen LogP contribution in [0.15, 0.2) is 0 Å². The van der Waals surface area contributed by atoms with Gasteiger partial charge in [0.15, 0.2) is 0 Å². The molecule has 0 spiro atoms. The molecular weight excluding hydrogens is 224 g/mol. The Kier molecular flexibility index (Phi) is 5.99. The Labute approximate surface area is 111 Å². The zero-order valence-corrected chi connectivity index (χ0v) is 11.4. The van der Waals surface area contributed by atoms with Gasteiger partial charge in [0.1, 0.15) is 0 Å². The fourth-order valence-electron chi connectivity index (χ4n) is 2.99. The maximum absolute atomic E-state index is 5.37. The lowest BCUT2D eigenvalue weighted by atomic mass is 9.92. The van der Waals surface area contributed by atoms with Gasteiger partial charge in [-0.15, -0.1) is 6.42 Å². The van der Waals surface area contributed by atoms with Gasteiger partial charge in [0.25, 0.3) is 0 Å². The van der Waals surface area contributed by atoms with Crippen LogP contribution in [0.4, 0.5) is 0 Å². The number of terminal acetylenes is 1. The topological polar surface area (TPSA) is 15.7 Å². The van der Waals surface area contributed by atoms with Gasteiger partial charge in [-0.3, -0.25) is 9.80 Å². The van der Waals surface area contributed by atoms with Crippen molar-refractivity contribution in [3.05, 3.63) is 0 Å². The molecule has 3 heteroatoms. The summed E-state index contributed by atoms with van der Waals surface area (Å²) in [7, 11) is 0. The summed E-state index contributed by atoms with van der Waals surface area (Å²) >= 11 is 0. The molecule has 0 aromatic heterocycles. The van der Waals surface area contributed by atoms with Crippen LogP contribution in [0, 0.1) is 18.3 Å². The molecule has 3 nitrogen and oxygen atoms in total. The number of hydrogen-bond donors (Lipinski definition) is 0. The third-order valence-electron chi connectivity index (χ3n) is 4.21. The van der Waals surface area contributed by atoms with E-state index in [1.54, 1.807) is 0 Å². The van der Waals surface area contributed by atoms with Gasteiger partial charge in [-0.25, -0.2) is 0 Å². The zero-order valence-electron chi connectivity index (χ0n) is 11.4. The van der Waals surface area contributed by atoms with Crippen LogP contribution in [0.25, 0.3) is 0 Å². The molecule has 0 atom stereocenters. The second-order valence-electron chi connectivity index (χ2n) is 5.52. The highest BCUT2D eigenvalue weighted by molar-refractivity contribution is 4.89. The minimum atomic E-state index is 0.834. The van der Waals surface area contributed by atoms with Gasteiger partial charge in [0.2, 0.25) is 0 Å². The Balaban J connectivity index is 1.53. The minimum absolute atomic E-state index is 0.834. The second-order valence-corrected chi connectivity index (χ2v) is 5.52. The highest BCUT2D eigenvalue weighted by atomic mass is 16.5. The molecule has 2 fully saturated rings. The second kappa shape index (κ2) is 7.78. The smallest absolute Gasteiger partial charge is 0.0598 e. The van der Waals surface area contributed by atoms with Crippen molar-refractivity contribution < 1.29 is 4.74 Å². The summed E-state index contributed by atoms with van der Waals surface area (Å²) in [6, 6.07) is 0. The van der Waals surface area contributed by atoms with Gasteiger partial charge >= 0.3 is 0 Å². The molecule has 2 aliphatic heterocycles. The van der Waals surface area contributed by atoms with Crippen LogP contribution in [0.1, 0.15) is 25.7 Å². The number of ether oxygens (including phenoxy) is 1. The first-order valence-electron chi connectivity index (χ1n) is 7.34. The number of hydrogen-bond acceptors (Lipinski definition) is 3. The fraction of sp³-hybridized carbons (Fsp3) is 0.867. The van der Waals surface area contributed by atoms with Gasteiger partial charge in [-0.2, -0.15) is 0 Å². The molecule has 0 N–H and O–H groups in total. The van der Waals surface area contributed by atoms with E-state index >= 15 is 0 Å². The highest BCUT2D eigenvalue weighted by Gasteiger charge is 2.18. The number of morpholine rings is 1. The normalized spacial score (nSPS) is 23.9. The first-order chi connectivity index (χ1) is 8.88. The maximum atomic E-state index is 5.37. The molecule has 102 valence electrons. The molecule has 0 saturated carbocycles. The van der Waals surface area contributed by atoms with E-state index in [0.29, 0.717) is 0 Å². The van der Waals surface area contributed by atoms with Gasteiger partial charge in [0, 0.05) is 13.1 Å². The van der Waals surface area contributed by atoms with Crippen molar-refractivity contribution in [2.24, 2.45) is 5.92 Å². The zero-order chi connectivity index (χ0) is 12.6. The van der Waals surface area contributed by atoms with E-state index in [-0.39, 0.29) is 0 Å². The summed E-state index contributed by atoms with van der Waals surface area (Å²) in [6.45, 7) is 8.59. The van der Waals surface area contributed by atoms with Crippen LogP contribution < -0.4 is 0 Å². The summed E-state index contributed by atoms with van der Waals surface area (Å²) in [5.41, 5.74) is 0. The van der Waals surface area contributed by atoms with Gasteiger partial charge in [0.05, 0.1) is 19.8 Å². The third-order valence-corrected chi connectivity index (χ3v) is 4.21. The molecule has 0 aromatic carbocycles. The van der Waals surface area contributed by atoms with Gasteiger partial charge in [-0.05, 0) is 51.2 Å². The van der Waals surface area contributed by atoms with Gasteiger partial charge < -0.3 is 4.74 Å². The van der Waals surface area contributed by atoms with E-state index in [2.05, 4.69) is 15.7 Å². The van der Waals surface area contributed by atoms with Gasteiger partial charge in [-0.1, -0.05) is 5.92 Å². The molecule has 0 radical (unpaired) electrons. The molecule has 0 aliphatic carbocycles. The number of likely N-dealkylation sites (tertiary alicyclic amines) is 1. The quantitative estimate of drug-likeness (QED) is 0.687. The Morgan fingerprint density at radius 2 is 1.78 bits per heavy atom. The van der Waals surface area contributed by atoms with E-state index in [0.717, 1.165) is 38.8 Å². The predicted octanol–water partition coefficient (Wildman–Crippen LogP) is 1.44. The lowest BCUT2D eigenvalue weighted by molar-refractivity contribution is 0.0362. The van der Waals surface area contributed by atoms with Crippen LogP contribution in [-0.2, 0) is 4.74 Å². The maximum Gasteiger partial charge on any atom is 0.0598 e. The number of rotatable bonds is 5.